The number of methoxy groups -OCH3 is 1. The number of amides is 1. The molecule has 6 heteroatoms. The van der Waals surface area contributed by atoms with E-state index in [9.17, 15) is 9.18 Å². The van der Waals surface area contributed by atoms with Crippen LogP contribution < -0.4 is 4.74 Å². The minimum atomic E-state index is -0.570. The molecule has 0 aliphatic carbocycles. The third kappa shape index (κ3) is 3.55. The molecule has 0 radical (unpaired) electrons. The van der Waals surface area contributed by atoms with Crippen LogP contribution in [0.2, 0.25) is 0 Å². The number of carbonyl (C=O) groups excluding carboxylic acids is 1. The molecule has 0 saturated carbocycles. The van der Waals surface area contributed by atoms with Gasteiger partial charge in [0, 0.05) is 18.4 Å². The molecule has 1 heterocycles. The van der Waals surface area contributed by atoms with Gasteiger partial charge in [0.2, 0.25) is 0 Å². The minimum Gasteiger partial charge on any atom is -0.496 e. The molecule has 1 saturated heterocycles. The maximum absolute atomic E-state index is 14.0. The van der Waals surface area contributed by atoms with Crippen molar-refractivity contribution in [2.75, 3.05) is 25.5 Å². The lowest BCUT2D eigenvalue weighted by Crippen LogP contribution is -2.55. The Morgan fingerprint density at radius 2 is 2.29 bits per heavy atom. The minimum absolute atomic E-state index is 0.0222. The first-order valence-electron chi connectivity index (χ1n) is 6.73. The number of carbonyl (C=O) groups is 1. The van der Waals surface area contributed by atoms with Gasteiger partial charge in [-0.3, -0.25) is 4.79 Å². The van der Waals surface area contributed by atoms with Gasteiger partial charge in [0.25, 0.3) is 5.91 Å². The van der Waals surface area contributed by atoms with Gasteiger partial charge in [-0.25, -0.2) is 4.39 Å². The van der Waals surface area contributed by atoms with Crippen molar-refractivity contribution in [3.63, 3.8) is 0 Å². The van der Waals surface area contributed by atoms with Crippen molar-refractivity contribution in [3.05, 3.63) is 29.6 Å². The predicted molar refractivity (Wildman–Crippen MR) is 81.6 cm³/mol. The molecule has 4 nitrogen and oxygen atoms in total. The van der Waals surface area contributed by atoms with E-state index in [1.807, 2.05) is 13.8 Å². The molecular weight excluding hydrogens is 341 g/mol. The Bertz CT molecular complexity index is 536. The molecule has 21 heavy (non-hydrogen) atoms. The summed E-state index contributed by atoms with van der Waals surface area (Å²) in [4.78, 5) is 14.3. The first-order valence-corrected chi connectivity index (χ1v) is 7.85. The molecule has 0 spiro atoms. The molecule has 0 N–H and O–H groups in total. The maximum Gasteiger partial charge on any atom is 0.260 e. The van der Waals surface area contributed by atoms with Gasteiger partial charge in [-0.2, -0.15) is 0 Å². The van der Waals surface area contributed by atoms with Crippen molar-refractivity contribution in [3.8, 4) is 5.75 Å². The highest BCUT2D eigenvalue weighted by atomic mass is 79.9. The standard InChI is InChI=1S/C15H19BrFNO3/c1-15(2)9-18(8-10(7-16)21-15)14(19)13-11(17)5-4-6-12(13)20-3/h4-6,10H,7-9H2,1-3H3. The molecule has 1 fully saturated rings. The highest BCUT2D eigenvalue weighted by Gasteiger charge is 2.36. The molecule has 1 aromatic carbocycles. The summed E-state index contributed by atoms with van der Waals surface area (Å²) in [6, 6.07) is 4.38. The van der Waals surface area contributed by atoms with E-state index in [-0.39, 0.29) is 23.3 Å². The number of benzene rings is 1. The van der Waals surface area contributed by atoms with Gasteiger partial charge in [-0.05, 0) is 26.0 Å². The first-order chi connectivity index (χ1) is 9.88. The number of morpholine rings is 1. The van der Waals surface area contributed by atoms with Crippen LogP contribution in [0.3, 0.4) is 0 Å². The normalized spacial score (nSPS) is 21.2. The highest BCUT2D eigenvalue weighted by Crippen LogP contribution is 2.27. The Hall–Kier alpha value is -1.14. The Morgan fingerprint density at radius 3 is 2.90 bits per heavy atom. The van der Waals surface area contributed by atoms with E-state index in [4.69, 9.17) is 9.47 Å². The van der Waals surface area contributed by atoms with Gasteiger partial charge < -0.3 is 14.4 Å². The fraction of sp³-hybridized carbons (Fsp3) is 0.533. The monoisotopic (exact) mass is 359 g/mol. The maximum atomic E-state index is 14.0. The summed E-state index contributed by atoms with van der Waals surface area (Å²) in [7, 11) is 1.43. The molecule has 116 valence electrons. The Balaban J connectivity index is 2.31. The van der Waals surface area contributed by atoms with Crippen LogP contribution in [0, 0.1) is 5.82 Å². The lowest BCUT2D eigenvalue weighted by molar-refractivity contribution is -0.116. The van der Waals surface area contributed by atoms with E-state index in [0.29, 0.717) is 18.4 Å². The summed E-state index contributed by atoms with van der Waals surface area (Å²) in [5, 5.41) is 0.620. The van der Waals surface area contributed by atoms with Crippen molar-refractivity contribution >= 4 is 21.8 Å². The van der Waals surface area contributed by atoms with Crippen LogP contribution in [0.5, 0.6) is 5.75 Å². The molecule has 1 unspecified atom stereocenters. The quantitative estimate of drug-likeness (QED) is 0.779. The SMILES string of the molecule is COc1cccc(F)c1C(=O)N1CC(CBr)OC(C)(C)C1. The largest absolute Gasteiger partial charge is 0.496 e. The van der Waals surface area contributed by atoms with Gasteiger partial charge >= 0.3 is 0 Å². The molecule has 0 bridgehead atoms. The third-order valence-electron chi connectivity index (χ3n) is 3.35. The molecule has 1 aliphatic rings. The third-order valence-corrected chi connectivity index (χ3v) is 4.07. The van der Waals surface area contributed by atoms with E-state index in [2.05, 4.69) is 15.9 Å². The zero-order valence-corrected chi connectivity index (χ0v) is 13.9. The summed E-state index contributed by atoms with van der Waals surface area (Å²) >= 11 is 3.38. The molecule has 1 aliphatic heterocycles. The lowest BCUT2D eigenvalue weighted by atomic mass is 10.0. The Kier molecular flexibility index (Phi) is 4.88. The highest BCUT2D eigenvalue weighted by molar-refractivity contribution is 9.09. The number of rotatable bonds is 3. The molecule has 2 rings (SSSR count). The number of halogens is 2. The van der Waals surface area contributed by atoms with E-state index in [1.54, 1.807) is 11.0 Å². The van der Waals surface area contributed by atoms with E-state index in [1.165, 1.54) is 19.2 Å². The summed E-state index contributed by atoms with van der Waals surface area (Å²) < 4.78 is 25.0. The average Bonchev–Trinajstić information content (AvgIpc) is 2.44. The topological polar surface area (TPSA) is 38.8 Å². The van der Waals surface area contributed by atoms with Crippen LogP contribution in [0.25, 0.3) is 0 Å². The second-order valence-corrected chi connectivity index (χ2v) is 6.30. The summed E-state index contributed by atoms with van der Waals surface area (Å²) in [5.74, 6) is -0.689. The molecule has 1 atom stereocenters. The van der Waals surface area contributed by atoms with Crippen LogP contribution in [0.1, 0.15) is 24.2 Å². The number of alkyl halides is 1. The van der Waals surface area contributed by atoms with E-state index >= 15 is 0 Å². The summed E-state index contributed by atoms with van der Waals surface area (Å²) in [5.41, 5.74) is -0.490. The zero-order chi connectivity index (χ0) is 15.6. The van der Waals surface area contributed by atoms with Gasteiger partial charge in [-0.1, -0.05) is 22.0 Å². The van der Waals surface area contributed by atoms with Crippen LogP contribution in [0.15, 0.2) is 18.2 Å². The Labute approximate surface area is 132 Å². The van der Waals surface area contributed by atoms with Gasteiger partial charge in [0.1, 0.15) is 17.1 Å². The number of ether oxygens (including phenoxy) is 2. The summed E-state index contributed by atoms with van der Waals surface area (Å²) in [6.07, 6.45) is -0.115. The Morgan fingerprint density at radius 1 is 1.57 bits per heavy atom. The first kappa shape index (κ1) is 16.2. The number of hydrogen-bond donors (Lipinski definition) is 0. The van der Waals surface area contributed by atoms with Crippen molar-refractivity contribution in [1.29, 1.82) is 0 Å². The predicted octanol–water partition coefficient (Wildman–Crippen LogP) is 2.85. The van der Waals surface area contributed by atoms with Crippen molar-refractivity contribution in [2.24, 2.45) is 0 Å². The van der Waals surface area contributed by atoms with Crippen LogP contribution in [0.4, 0.5) is 4.39 Å². The van der Waals surface area contributed by atoms with Gasteiger partial charge in [-0.15, -0.1) is 0 Å². The summed E-state index contributed by atoms with van der Waals surface area (Å²) in [6.45, 7) is 4.67. The molecular formula is C15H19BrFNO3. The fourth-order valence-corrected chi connectivity index (χ4v) is 2.91. The fourth-order valence-electron chi connectivity index (χ4n) is 2.57. The lowest BCUT2D eigenvalue weighted by Gasteiger charge is -2.42. The van der Waals surface area contributed by atoms with Crippen molar-refractivity contribution in [2.45, 2.75) is 25.6 Å². The van der Waals surface area contributed by atoms with E-state index in [0.717, 1.165) is 0 Å². The van der Waals surface area contributed by atoms with Crippen LogP contribution >= 0.6 is 15.9 Å². The van der Waals surface area contributed by atoms with Crippen LogP contribution in [-0.2, 0) is 4.74 Å². The second kappa shape index (κ2) is 6.32. The van der Waals surface area contributed by atoms with Gasteiger partial charge in [0.05, 0.1) is 18.8 Å². The molecule has 1 amide bonds. The van der Waals surface area contributed by atoms with E-state index < -0.39 is 11.4 Å². The zero-order valence-electron chi connectivity index (χ0n) is 12.4. The van der Waals surface area contributed by atoms with Crippen molar-refractivity contribution < 1.29 is 18.7 Å². The molecule has 0 aromatic heterocycles. The smallest absolute Gasteiger partial charge is 0.260 e. The van der Waals surface area contributed by atoms with Gasteiger partial charge in [0.15, 0.2) is 0 Å². The van der Waals surface area contributed by atoms with Crippen molar-refractivity contribution in [1.82, 2.24) is 4.90 Å². The second-order valence-electron chi connectivity index (χ2n) is 5.66. The number of hydrogen-bond acceptors (Lipinski definition) is 3. The average molecular weight is 360 g/mol. The number of nitrogens with zero attached hydrogens (tertiary/aromatic N) is 1. The van der Waals surface area contributed by atoms with Crippen LogP contribution in [-0.4, -0.2) is 48.0 Å². The molecule has 1 aromatic rings.